The van der Waals surface area contributed by atoms with Gasteiger partial charge in [-0.1, -0.05) is 161 Å². The summed E-state index contributed by atoms with van der Waals surface area (Å²) in [5.41, 5.74) is 12.2. The number of benzene rings is 4. The van der Waals surface area contributed by atoms with Gasteiger partial charge < -0.3 is 80.9 Å². The maximum Gasteiger partial charge on any atom is 0.184 e. The van der Waals surface area contributed by atoms with E-state index in [1.165, 1.54) is 0 Å². The summed E-state index contributed by atoms with van der Waals surface area (Å²) in [5, 5.41) is 15.7. The zero-order valence-corrected chi connectivity index (χ0v) is 46.1. The van der Waals surface area contributed by atoms with Crippen LogP contribution in [0.3, 0.4) is 0 Å². The number of ether oxygens (including phenoxy) is 16. The van der Waals surface area contributed by atoms with Crippen molar-refractivity contribution in [2.45, 2.75) is 171 Å². The summed E-state index contributed by atoms with van der Waals surface area (Å²) in [4.78, 5) is 2.87. The molecule has 0 saturated carbocycles. The minimum atomic E-state index is -0.942. The quantitative estimate of drug-likeness (QED) is 0.0452. The molecule has 0 spiro atoms. The number of fused-ring (bicyclic) bond motifs is 4. The third-order valence-electron chi connectivity index (χ3n) is 17.0. The van der Waals surface area contributed by atoms with Crippen molar-refractivity contribution in [3.63, 3.8) is 0 Å². The van der Waals surface area contributed by atoms with E-state index in [0.29, 0.717) is 13.2 Å². The molecule has 8 saturated heterocycles. The second kappa shape index (κ2) is 26.2. The van der Waals surface area contributed by atoms with Crippen LogP contribution in [0.2, 0.25) is 0 Å². The largest absolute Gasteiger partial charge is 0.390 e. The molecule has 8 heterocycles. The van der Waals surface area contributed by atoms with Crippen LogP contribution in [0, 0.1) is 23.7 Å². The van der Waals surface area contributed by atoms with Crippen LogP contribution in [0.4, 0.5) is 0 Å². The third kappa shape index (κ3) is 12.5. The van der Waals surface area contributed by atoms with Crippen molar-refractivity contribution in [3.05, 3.63) is 154 Å². The molecular formula is C61H75N3O17. The molecule has 8 aliphatic rings. The Morgan fingerprint density at radius 3 is 1.15 bits per heavy atom. The maximum absolute atomic E-state index is 12.0. The van der Waals surface area contributed by atoms with E-state index in [1.807, 2.05) is 149 Å². The number of aliphatic hydroxyl groups excluding tert-OH is 1. The van der Waals surface area contributed by atoms with Crippen molar-refractivity contribution in [1.29, 1.82) is 0 Å². The molecule has 12 unspecified atom stereocenters. The molecule has 8 aliphatic heterocycles. The molecule has 0 radical (unpaired) electrons. The van der Waals surface area contributed by atoms with Crippen molar-refractivity contribution in [3.8, 4) is 0 Å². The number of nitrogens with zero attached hydrogens (tertiary/aromatic N) is 3. The van der Waals surface area contributed by atoms with E-state index in [-0.39, 0.29) is 32.3 Å². The van der Waals surface area contributed by atoms with E-state index in [1.54, 1.807) is 0 Å². The fourth-order valence-electron chi connectivity index (χ4n) is 12.4. The first-order valence-electron chi connectivity index (χ1n) is 28.9. The Bertz CT molecular complexity index is 2650. The summed E-state index contributed by atoms with van der Waals surface area (Å²) in [5.74, 6) is -1.84. The number of azide groups is 1. The number of aliphatic hydroxyl groups is 1. The van der Waals surface area contributed by atoms with Crippen LogP contribution >= 0.6 is 0 Å². The predicted molar refractivity (Wildman–Crippen MR) is 286 cm³/mol. The van der Waals surface area contributed by atoms with Gasteiger partial charge in [-0.3, -0.25) is 0 Å². The van der Waals surface area contributed by atoms with Crippen LogP contribution in [0.1, 0.15) is 94.4 Å². The van der Waals surface area contributed by atoms with Crippen molar-refractivity contribution >= 4 is 0 Å². The first-order valence-corrected chi connectivity index (χ1v) is 28.9. The summed E-state index contributed by atoms with van der Waals surface area (Å²) < 4.78 is 108. The highest BCUT2D eigenvalue weighted by atomic mass is 16.8. The van der Waals surface area contributed by atoms with Gasteiger partial charge in [0.1, 0.15) is 48.8 Å². The molecule has 4 aromatic rings. The standard InChI is InChI=1S/C61H75N3O17/c1-34-46(65)50-42(30-67-58(78-50)38-20-10-5-11-21-38)72-55(34)75-48-36(3)57(74-44-32-69-60(80-52(44)48)40-24-14-7-15-25-40)77-49-37(4)56(73-45-33-70-61(81-53(45)49)41-26-16-8-17-27-41)76-47-35(2)54(66-29-19-9-18-28-63-64-62)71-43-31-68-59(79-51(43)47)39-22-12-6-13-23-39/h5-8,10-17,20-27,34-37,42-61,65H,9,18-19,28-33H2,1-4H3/t34?,35?,36?,37?,42?,43?,44?,45?,46-,47-,48-,49-,50-,51-,52-,53-,54-,55+,56+,57+,58?,59?,60?,61?/m1/s1. The fraction of sp³-hybridized carbons (Fsp3) is 0.607. The lowest BCUT2D eigenvalue weighted by atomic mass is 9.87. The van der Waals surface area contributed by atoms with Crippen LogP contribution in [0.15, 0.2) is 126 Å². The van der Waals surface area contributed by atoms with Gasteiger partial charge in [-0.15, -0.1) is 0 Å². The zero-order chi connectivity index (χ0) is 55.4. The normalized spacial score (nSPS) is 41.3. The molecule has 0 amide bonds. The first-order chi connectivity index (χ1) is 39.7. The Labute approximate surface area is 472 Å². The van der Waals surface area contributed by atoms with Crippen molar-refractivity contribution in [2.24, 2.45) is 28.8 Å². The Morgan fingerprint density at radius 1 is 0.432 bits per heavy atom. The molecule has 20 heteroatoms. The summed E-state index contributed by atoms with van der Waals surface area (Å²) >= 11 is 0. The molecule has 81 heavy (non-hydrogen) atoms. The smallest absolute Gasteiger partial charge is 0.184 e. The summed E-state index contributed by atoms with van der Waals surface area (Å²) in [7, 11) is 0. The van der Waals surface area contributed by atoms with E-state index in [0.717, 1.165) is 41.5 Å². The molecule has 24 atom stereocenters. The highest BCUT2D eigenvalue weighted by Crippen LogP contribution is 2.47. The van der Waals surface area contributed by atoms with Gasteiger partial charge in [0.05, 0.1) is 50.8 Å². The summed E-state index contributed by atoms with van der Waals surface area (Å²) in [6.07, 6.45) is -11.6. The average Bonchev–Trinajstić information content (AvgIpc) is 3.63. The fourth-order valence-corrected chi connectivity index (χ4v) is 12.4. The number of rotatable bonds is 17. The third-order valence-corrected chi connectivity index (χ3v) is 17.0. The van der Waals surface area contributed by atoms with Crippen LogP contribution < -0.4 is 0 Å². The molecule has 1 N–H and O–H groups in total. The van der Waals surface area contributed by atoms with Crippen molar-refractivity contribution in [2.75, 3.05) is 39.6 Å². The SMILES string of the molecule is CC1[C@H](O[C@@H]2C(C)[C@H](O[C@@H]3C(C)[C@H](O[C@@H]4C(C)[C@H](OCCCCCN=[N+]=[N-])OC5COC(c6ccccc6)O[C@H]54)OC4COC(c5ccccc5)O[C@H]43)OC3COC(c4ccccc4)O[C@H]32)OC2COC(c3ccccc3)O[C@H]2[C@@H]1O. The highest BCUT2D eigenvalue weighted by Gasteiger charge is 2.58. The number of hydrogen-bond donors (Lipinski definition) is 1. The second-order valence-corrected chi connectivity index (χ2v) is 22.5. The molecule has 436 valence electrons. The highest BCUT2D eigenvalue weighted by molar-refractivity contribution is 5.20. The zero-order valence-electron chi connectivity index (χ0n) is 46.1. The molecule has 0 bridgehead atoms. The first kappa shape index (κ1) is 57.0. The Morgan fingerprint density at radius 2 is 0.765 bits per heavy atom. The van der Waals surface area contributed by atoms with E-state index in [9.17, 15) is 5.11 Å². The maximum atomic E-state index is 12.0. The lowest BCUT2D eigenvalue weighted by molar-refractivity contribution is -0.418. The van der Waals surface area contributed by atoms with Gasteiger partial charge in [0.25, 0.3) is 0 Å². The van der Waals surface area contributed by atoms with Gasteiger partial charge in [0.2, 0.25) is 0 Å². The molecule has 20 nitrogen and oxygen atoms in total. The van der Waals surface area contributed by atoms with Crippen LogP contribution in [0.5, 0.6) is 0 Å². The Kier molecular flexibility index (Phi) is 18.4. The molecule has 4 aromatic carbocycles. The summed E-state index contributed by atoms with van der Waals surface area (Å²) in [6, 6.07) is 39.1. The van der Waals surface area contributed by atoms with Crippen molar-refractivity contribution < 1.29 is 80.9 Å². The van der Waals surface area contributed by atoms with Gasteiger partial charge >= 0.3 is 0 Å². The molecule has 0 aliphatic carbocycles. The Hall–Kier alpha value is -4.49. The van der Waals surface area contributed by atoms with Crippen LogP contribution in [0.25, 0.3) is 10.4 Å². The van der Waals surface area contributed by atoms with Crippen molar-refractivity contribution in [1.82, 2.24) is 0 Å². The van der Waals surface area contributed by atoms with E-state index in [4.69, 9.17) is 81.3 Å². The van der Waals surface area contributed by atoms with Gasteiger partial charge in [-0.25, -0.2) is 0 Å². The summed E-state index contributed by atoms with van der Waals surface area (Å²) in [6.45, 7) is 9.66. The average molecular weight is 1120 g/mol. The van der Waals surface area contributed by atoms with E-state index in [2.05, 4.69) is 10.0 Å². The van der Waals surface area contributed by atoms with Gasteiger partial charge in [0, 0.05) is 64.0 Å². The minimum absolute atomic E-state index is 0.173. The van der Waals surface area contributed by atoms with Crippen LogP contribution in [-0.4, -0.2) is 143 Å². The monoisotopic (exact) mass is 1120 g/mol. The molecule has 0 aromatic heterocycles. The van der Waals surface area contributed by atoms with E-state index >= 15 is 0 Å². The lowest BCUT2D eigenvalue weighted by Crippen LogP contribution is -2.66. The predicted octanol–water partition coefficient (Wildman–Crippen LogP) is 8.90. The molecule has 12 rings (SSSR count). The minimum Gasteiger partial charge on any atom is -0.390 e. The Balaban J connectivity index is 0.818. The number of hydrogen-bond acceptors (Lipinski definition) is 18. The van der Waals surface area contributed by atoms with Gasteiger partial charge in [-0.2, -0.15) is 0 Å². The van der Waals surface area contributed by atoms with Gasteiger partial charge in [-0.05, 0) is 18.4 Å². The molecular weight excluding hydrogens is 1050 g/mol. The van der Waals surface area contributed by atoms with E-state index < -0.39 is 141 Å². The van der Waals surface area contributed by atoms with Crippen LogP contribution in [-0.2, 0) is 75.8 Å². The number of unbranched alkanes of at least 4 members (excludes halogenated alkanes) is 2. The molecule has 8 fully saturated rings. The lowest BCUT2D eigenvalue weighted by Gasteiger charge is -2.54. The topological polar surface area (TPSA) is 217 Å². The van der Waals surface area contributed by atoms with Gasteiger partial charge in [0.15, 0.2) is 50.3 Å². The second-order valence-electron chi connectivity index (χ2n) is 22.5.